The molecule has 82 valence electrons. The normalized spacial score (nSPS) is 10.0. The molecule has 2 N–H and O–H groups in total. The van der Waals surface area contributed by atoms with Crippen LogP contribution in [0.2, 0.25) is 0 Å². The van der Waals surface area contributed by atoms with Gasteiger partial charge < -0.3 is 10.4 Å². The Morgan fingerprint density at radius 3 is 2.73 bits per heavy atom. The van der Waals surface area contributed by atoms with Gasteiger partial charge in [0.2, 0.25) is 0 Å². The molecule has 1 rings (SSSR count). The van der Waals surface area contributed by atoms with E-state index in [0.717, 1.165) is 14.6 Å². The molecule has 0 amide bonds. The molecule has 1 aromatic rings. The van der Waals surface area contributed by atoms with Gasteiger partial charge in [0, 0.05) is 27.6 Å². The van der Waals surface area contributed by atoms with Crippen molar-refractivity contribution in [3.8, 4) is 0 Å². The third kappa shape index (κ3) is 4.66. The molecule has 0 aliphatic carbocycles. The molecule has 3 nitrogen and oxygen atoms in total. The van der Waals surface area contributed by atoms with E-state index in [9.17, 15) is 4.79 Å². The van der Waals surface area contributed by atoms with E-state index in [2.05, 4.69) is 37.2 Å². The average molecular weight is 337 g/mol. The number of hydrogen-bond acceptors (Lipinski definition) is 2. The van der Waals surface area contributed by atoms with Crippen molar-refractivity contribution in [1.82, 2.24) is 0 Å². The zero-order valence-corrected chi connectivity index (χ0v) is 11.1. The highest BCUT2D eigenvalue weighted by Crippen LogP contribution is 2.25. The fourth-order valence-corrected chi connectivity index (χ4v) is 2.28. The summed E-state index contributed by atoms with van der Waals surface area (Å²) in [5.74, 6) is -0.758. The van der Waals surface area contributed by atoms with E-state index in [1.54, 1.807) is 0 Å². The molecule has 0 aromatic heterocycles. The molecule has 0 unspecified atom stereocenters. The second-order valence-electron chi connectivity index (χ2n) is 3.05. The van der Waals surface area contributed by atoms with E-state index in [4.69, 9.17) is 5.11 Å². The number of halogens is 2. The maximum absolute atomic E-state index is 10.3. The van der Waals surface area contributed by atoms with Crippen molar-refractivity contribution in [1.29, 1.82) is 0 Å². The van der Waals surface area contributed by atoms with E-state index in [-0.39, 0.29) is 6.42 Å². The van der Waals surface area contributed by atoms with Crippen molar-refractivity contribution in [2.45, 2.75) is 12.8 Å². The molecule has 0 fully saturated rings. The summed E-state index contributed by atoms with van der Waals surface area (Å²) in [6.07, 6.45) is 0.818. The third-order valence-corrected chi connectivity index (χ3v) is 2.96. The molecule has 0 saturated heterocycles. The van der Waals surface area contributed by atoms with Crippen LogP contribution in [-0.2, 0) is 4.79 Å². The Labute approximate surface area is 105 Å². The monoisotopic (exact) mass is 335 g/mol. The Morgan fingerprint density at radius 1 is 1.40 bits per heavy atom. The summed E-state index contributed by atoms with van der Waals surface area (Å²) in [5, 5.41) is 11.6. The van der Waals surface area contributed by atoms with Gasteiger partial charge in [-0.3, -0.25) is 4.79 Å². The minimum absolute atomic E-state index is 0.196. The average Bonchev–Trinajstić information content (AvgIpc) is 2.14. The van der Waals surface area contributed by atoms with Gasteiger partial charge in [-0.25, -0.2) is 0 Å². The van der Waals surface area contributed by atoms with Gasteiger partial charge in [-0.05, 0) is 40.5 Å². The zero-order valence-electron chi connectivity index (χ0n) is 7.96. The summed E-state index contributed by atoms with van der Waals surface area (Å²) >= 11 is 6.78. The molecule has 0 aliphatic rings. The number of anilines is 1. The lowest BCUT2D eigenvalue weighted by Gasteiger charge is -2.07. The number of rotatable bonds is 5. The highest BCUT2D eigenvalue weighted by atomic mass is 79.9. The summed E-state index contributed by atoms with van der Waals surface area (Å²) in [4.78, 5) is 10.3. The van der Waals surface area contributed by atoms with Crippen LogP contribution >= 0.6 is 31.9 Å². The lowest BCUT2D eigenvalue weighted by Crippen LogP contribution is -2.05. The summed E-state index contributed by atoms with van der Waals surface area (Å²) in [6.45, 7) is 0.659. The van der Waals surface area contributed by atoms with Crippen molar-refractivity contribution >= 4 is 43.5 Å². The number of carbonyl (C=O) groups is 1. The van der Waals surface area contributed by atoms with Crippen LogP contribution < -0.4 is 5.32 Å². The molecule has 0 bridgehead atoms. The van der Waals surface area contributed by atoms with Crippen LogP contribution in [0.3, 0.4) is 0 Å². The Morgan fingerprint density at radius 2 is 2.13 bits per heavy atom. The van der Waals surface area contributed by atoms with E-state index >= 15 is 0 Å². The SMILES string of the molecule is O=C(O)CCCNc1ccc(Br)cc1Br. The number of aliphatic carboxylic acids is 1. The van der Waals surface area contributed by atoms with Gasteiger partial charge in [0.15, 0.2) is 0 Å². The lowest BCUT2D eigenvalue weighted by molar-refractivity contribution is -0.137. The standard InChI is InChI=1S/C10H11Br2NO2/c11-7-3-4-9(8(12)6-7)13-5-1-2-10(14)15/h3-4,6,13H,1-2,5H2,(H,14,15). The fourth-order valence-electron chi connectivity index (χ4n) is 1.10. The smallest absolute Gasteiger partial charge is 0.303 e. The highest BCUT2D eigenvalue weighted by molar-refractivity contribution is 9.11. The van der Waals surface area contributed by atoms with Crippen molar-refractivity contribution in [2.24, 2.45) is 0 Å². The Bertz CT molecular complexity index is 355. The number of benzene rings is 1. The lowest BCUT2D eigenvalue weighted by atomic mass is 10.3. The molecule has 0 atom stereocenters. The maximum atomic E-state index is 10.3. The minimum Gasteiger partial charge on any atom is -0.481 e. The Kier molecular flexibility index (Phi) is 5.11. The molecule has 0 spiro atoms. The van der Waals surface area contributed by atoms with Crippen LogP contribution in [0.4, 0.5) is 5.69 Å². The van der Waals surface area contributed by atoms with E-state index in [1.807, 2.05) is 18.2 Å². The number of nitrogens with one attached hydrogen (secondary N) is 1. The molecule has 1 aromatic carbocycles. The van der Waals surface area contributed by atoms with Gasteiger partial charge in [-0.2, -0.15) is 0 Å². The summed E-state index contributed by atoms with van der Waals surface area (Å²) in [7, 11) is 0. The Hall–Kier alpha value is -0.550. The number of carboxylic acids is 1. The topological polar surface area (TPSA) is 49.3 Å². The fraction of sp³-hybridized carbons (Fsp3) is 0.300. The van der Waals surface area contributed by atoms with Gasteiger partial charge in [0.05, 0.1) is 0 Å². The first-order chi connectivity index (χ1) is 7.09. The van der Waals surface area contributed by atoms with Gasteiger partial charge in [0.25, 0.3) is 0 Å². The molecule has 0 saturated carbocycles. The number of carboxylic acid groups (broad SMARTS) is 1. The summed E-state index contributed by atoms with van der Waals surface area (Å²) < 4.78 is 1.97. The second kappa shape index (κ2) is 6.12. The second-order valence-corrected chi connectivity index (χ2v) is 4.82. The third-order valence-electron chi connectivity index (χ3n) is 1.81. The predicted molar refractivity (Wildman–Crippen MR) is 67.2 cm³/mol. The van der Waals surface area contributed by atoms with Gasteiger partial charge >= 0.3 is 5.97 Å². The summed E-state index contributed by atoms with van der Waals surface area (Å²) in [6, 6.07) is 5.82. The molecular formula is C10H11Br2NO2. The zero-order chi connectivity index (χ0) is 11.3. The van der Waals surface area contributed by atoms with Crippen LogP contribution in [0.25, 0.3) is 0 Å². The van der Waals surface area contributed by atoms with Crippen molar-refractivity contribution in [3.05, 3.63) is 27.1 Å². The van der Waals surface area contributed by atoms with E-state index in [1.165, 1.54) is 0 Å². The Balaban J connectivity index is 2.40. The molecule has 0 radical (unpaired) electrons. The minimum atomic E-state index is -0.758. The van der Waals surface area contributed by atoms with Gasteiger partial charge in [-0.15, -0.1) is 0 Å². The molecule has 0 heterocycles. The first kappa shape index (κ1) is 12.5. The van der Waals surface area contributed by atoms with Crippen LogP contribution in [-0.4, -0.2) is 17.6 Å². The van der Waals surface area contributed by atoms with Crippen LogP contribution in [0.5, 0.6) is 0 Å². The van der Waals surface area contributed by atoms with Crippen LogP contribution in [0.1, 0.15) is 12.8 Å². The molecule has 0 aliphatic heterocycles. The van der Waals surface area contributed by atoms with Gasteiger partial charge in [0.1, 0.15) is 0 Å². The van der Waals surface area contributed by atoms with E-state index < -0.39 is 5.97 Å². The first-order valence-corrected chi connectivity index (χ1v) is 6.09. The van der Waals surface area contributed by atoms with Crippen LogP contribution in [0.15, 0.2) is 27.1 Å². The van der Waals surface area contributed by atoms with Crippen molar-refractivity contribution in [3.63, 3.8) is 0 Å². The van der Waals surface area contributed by atoms with Crippen LogP contribution in [0, 0.1) is 0 Å². The van der Waals surface area contributed by atoms with Crippen molar-refractivity contribution in [2.75, 3.05) is 11.9 Å². The molecule has 15 heavy (non-hydrogen) atoms. The highest BCUT2D eigenvalue weighted by Gasteiger charge is 2.00. The number of hydrogen-bond donors (Lipinski definition) is 2. The van der Waals surface area contributed by atoms with E-state index in [0.29, 0.717) is 13.0 Å². The summed E-state index contributed by atoms with van der Waals surface area (Å²) in [5.41, 5.74) is 0.976. The first-order valence-electron chi connectivity index (χ1n) is 4.50. The van der Waals surface area contributed by atoms with Gasteiger partial charge in [-0.1, -0.05) is 15.9 Å². The quantitative estimate of drug-likeness (QED) is 0.809. The molecule has 5 heteroatoms. The van der Waals surface area contributed by atoms with Crippen molar-refractivity contribution < 1.29 is 9.90 Å². The maximum Gasteiger partial charge on any atom is 0.303 e. The molecular weight excluding hydrogens is 326 g/mol. The predicted octanol–water partition coefficient (Wildman–Crippen LogP) is 3.49. The largest absolute Gasteiger partial charge is 0.481 e.